The summed E-state index contributed by atoms with van der Waals surface area (Å²) in [6.07, 6.45) is -0.815. The molecule has 0 bridgehead atoms. The van der Waals surface area contributed by atoms with Gasteiger partial charge in [-0.2, -0.15) is 0 Å². The van der Waals surface area contributed by atoms with E-state index in [9.17, 15) is 14.4 Å². The zero-order chi connectivity index (χ0) is 33.2. The van der Waals surface area contributed by atoms with Crippen LogP contribution in [0.15, 0.2) is 83.8 Å². The van der Waals surface area contributed by atoms with Gasteiger partial charge in [0.25, 0.3) is 0 Å². The van der Waals surface area contributed by atoms with E-state index in [0.717, 1.165) is 31.2 Å². The van der Waals surface area contributed by atoms with E-state index in [1.54, 1.807) is 11.3 Å². The van der Waals surface area contributed by atoms with Gasteiger partial charge in [-0.3, -0.25) is 9.59 Å². The quantitative estimate of drug-likeness (QED) is 0.0480. The number of amides is 1. The Balaban J connectivity index is 1.25. The Bertz CT molecular complexity index is 1670. The normalized spacial score (nSPS) is 16.7. The van der Waals surface area contributed by atoms with E-state index in [1.165, 1.54) is 33.4 Å². The summed E-state index contributed by atoms with van der Waals surface area (Å²) in [4.78, 5) is 46.8. The fourth-order valence-corrected chi connectivity index (χ4v) is 9.96. The Labute approximate surface area is 284 Å². The lowest BCUT2D eigenvalue weighted by molar-refractivity contribution is -0.165. The van der Waals surface area contributed by atoms with Crippen LogP contribution in [0.3, 0.4) is 0 Å². The van der Waals surface area contributed by atoms with Gasteiger partial charge in [-0.05, 0) is 55.2 Å². The summed E-state index contributed by atoms with van der Waals surface area (Å²) in [5.74, 6) is -1.42. The minimum atomic E-state index is -1.97. The zero-order valence-electron chi connectivity index (χ0n) is 27.2. The Kier molecular flexibility index (Phi) is 10.5. The molecule has 1 amide bonds. The first kappa shape index (κ1) is 34.4. The maximum atomic E-state index is 13.5. The number of nitrogens with zero attached hydrogens (tertiary/aromatic N) is 2. The topological polar surface area (TPSA) is 85.8 Å². The highest BCUT2D eigenvalue weighted by Crippen LogP contribution is 2.45. The van der Waals surface area contributed by atoms with Crippen LogP contribution in [-0.2, 0) is 23.5 Å². The largest absolute Gasteiger partial charge is 0.451 e. The van der Waals surface area contributed by atoms with Crippen molar-refractivity contribution >= 4 is 69.1 Å². The molecule has 46 heavy (non-hydrogen) atoms. The molecule has 0 radical (unpaired) electrons. The number of Topliss-reactive ketones (excluding diaryl/α,β-unsaturated/α-hetero) is 1. The number of benzene rings is 3. The van der Waals surface area contributed by atoms with Gasteiger partial charge in [0.05, 0.1) is 16.3 Å². The van der Waals surface area contributed by atoms with Crippen LogP contribution in [0.5, 0.6) is 0 Å². The van der Waals surface area contributed by atoms with Crippen LogP contribution < -0.4 is 0 Å². The second-order valence-corrected chi connectivity index (χ2v) is 21.2. The molecule has 4 aromatic rings. The first-order chi connectivity index (χ1) is 21.8. The molecule has 1 unspecified atom stereocenters. The average Bonchev–Trinajstić information content (AvgIpc) is 3.46. The fraction of sp³-hybridized carbons (Fsp3) is 0.371. The van der Waals surface area contributed by atoms with Gasteiger partial charge in [-0.1, -0.05) is 109 Å². The molecule has 0 aliphatic carbocycles. The molecule has 1 fully saturated rings. The molecule has 5 rings (SSSR count). The van der Waals surface area contributed by atoms with Crippen molar-refractivity contribution in [1.29, 1.82) is 0 Å². The smallest absolute Gasteiger partial charge is 0.337 e. The van der Waals surface area contributed by atoms with Crippen molar-refractivity contribution < 1.29 is 23.5 Å². The van der Waals surface area contributed by atoms with Crippen molar-refractivity contribution in [3.63, 3.8) is 0 Å². The van der Waals surface area contributed by atoms with Crippen molar-refractivity contribution in [3.8, 4) is 0 Å². The third-order valence-corrected chi connectivity index (χ3v) is 17.0. The summed E-state index contributed by atoms with van der Waals surface area (Å²) >= 11 is 1.64. The summed E-state index contributed by atoms with van der Waals surface area (Å²) in [5, 5.41) is 0.645. The van der Waals surface area contributed by atoms with Gasteiger partial charge in [0.15, 0.2) is 26.2 Å². The van der Waals surface area contributed by atoms with Gasteiger partial charge < -0.3 is 14.1 Å². The number of hydrogen-bond donors (Lipinski definition) is 0. The Hall–Kier alpha value is -2.96. The molecule has 0 N–H and O–H groups in total. The Morgan fingerprint density at radius 3 is 2.13 bits per heavy atom. The Morgan fingerprint density at radius 2 is 1.59 bits per heavy atom. The van der Waals surface area contributed by atoms with Crippen LogP contribution in [0, 0.1) is 0 Å². The number of ether oxygens (including phenoxy) is 1. The molecule has 242 valence electrons. The maximum absolute atomic E-state index is 13.5. The van der Waals surface area contributed by atoms with Gasteiger partial charge >= 0.3 is 5.97 Å². The van der Waals surface area contributed by atoms with Crippen LogP contribution in [0.4, 0.5) is 0 Å². The summed E-state index contributed by atoms with van der Waals surface area (Å²) in [6.45, 7) is 14.8. The summed E-state index contributed by atoms with van der Waals surface area (Å²) in [7, 11) is 0.954. The molecule has 1 aliphatic rings. The second kappa shape index (κ2) is 14.0. The number of likely N-dealkylation sites (tertiary alicyclic amines) is 1. The number of β-lactam (4-membered cyclic amide) rings is 1. The van der Waals surface area contributed by atoms with Gasteiger partial charge in [0.2, 0.25) is 5.91 Å². The van der Waals surface area contributed by atoms with Crippen LogP contribution >= 0.6 is 32.9 Å². The molecule has 2 heterocycles. The lowest BCUT2D eigenvalue weighted by Gasteiger charge is -2.41. The van der Waals surface area contributed by atoms with E-state index in [1.807, 2.05) is 72.8 Å². The van der Waals surface area contributed by atoms with E-state index in [0.29, 0.717) is 0 Å². The number of aromatic nitrogens is 1. The molecule has 3 atom stereocenters. The van der Waals surface area contributed by atoms with E-state index >= 15 is 0 Å². The van der Waals surface area contributed by atoms with E-state index in [4.69, 9.17) is 14.1 Å². The number of esters is 1. The number of carbonyl (C=O) groups excluding carboxylic acids is 3. The van der Waals surface area contributed by atoms with E-state index in [2.05, 4.69) is 46.9 Å². The predicted molar refractivity (Wildman–Crippen MR) is 191 cm³/mol. The average molecular weight is 693 g/mol. The maximum Gasteiger partial charge on any atom is 0.337 e. The lowest BCUT2D eigenvalue weighted by Crippen LogP contribution is -2.63. The molecule has 11 heteroatoms. The van der Waals surface area contributed by atoms with Gasteiger partial charge in [0.1, 0.15) is 10.3 Å². The molecule has 1 aromatic heterocycles. The third-order valence-electron chi connectivity index (χ3n) is 8.56. The highest BCUT2D eigenvalue weighted by atomic mass is 33.1. The first-order valence-electron chi connectivity index (χ1n) is 15.3. The molecule has 0 saturated carbocycles. The third kappa shape index (κ3) is 7.44. The van der Waals surface area contributed by atoms with Crippen molar-refractivity contribution in [2.24, 2.45) is 0 Å². The highest BCUT2D eigenvalue weighted by Gasteiger charge is 2.47. The standard InChI is InChI=1S/C35H40N2O5S3Si/c1-22(38)30(34(40)41-31(24-15-10-8-11-16-24)25-17-12-9-13-18-25)37-21-28(33(37)39)45-44-27-20-14-19-26-29(27)36-32(43-26)23(2)42-46(6,7)35(3,4)5/h8-20,23,28,30-31H,21H2,1-7H3/t23-,28+,30?/m1/s1. The zero-order valence-corrected chi connectivity index (χ0v) is 30.6. The minimum absolute atomic E-state index is 0.0996. The van der Waals surface area contributed by atoms with Crippen LogP contribution in [0.2, 0.25) is 18.1 Å². The molecule has 7 nitrogen and oxygen atoms in total. The van der Waals surface area contributed by atoms with Gasteiger partial charge in [0, 0.05) is 11.4 Å². The molecule has 3 aromatic carbocycles. The Morgan fingerprint density at radius 1 is 0.978 bits per heavy atom. The summed E-state index contributed by atoms with van der Waals surface area (Å²) in [5.41, 5.74) is 2.46. The molecular weight excluding hydrogens is 653 g/mol. The molecule has 0 spiro atoms. The lowest BCUT2D eigenvalue weighted by atomic mass is 10.0. The van der Waals surface area contributed by atoms with Gasteiger partial charge in [-0.25, -0.2) is 9.78 Å². The molecule has 1 saturated heterocycles. The van der Waals surface area contributed by atoms with E-state index in [-0.39, 0.29) is 23.6 Å². The number of para-hydroxylation sites is 1. The van der Waals surface area contributed by atoms with Crippen LogP contribution in [-0.4, -0.2) is 53.7 Å². The summed E-state index contributed by atoms with van der Waals surface area (Å²) in [6, 6.07) is 23.5. The predicted octanol–water partition coefficient (Wildman–Crippen LogP) is 8.62. The number of hydrogen-bond acceptors (Lipinski definition) is 9. The minimum Gasteiger partial charge on any atom is -0.451 e. The first-order valence-corrected chi connectivity index (χ1v) is 21.2. The van der Waals surface area contributed by atoms with Crippen molar-refractivity contribution in [3.05, 3.63) is 95.0 Å². The SMILES string of the molecule is CC(=O)C(C(=O)OC(c1ccccc1)c1ccccc1)N1C[C@H](SSc2cccc3sc([C@@H](C)O[Si](C)(C)C(C)(C)C)nc23)C1=O. The highest BCUT2D eigenvalue weighted by molar-refractivity contribution is 8.77. The number of thiazole rings is 1. The van der Waals surface area contributed by atoms with Gasteiger partial charge in [-0.15, -0.1) is 11.3 Å². The number of carbonyl (C=O) groups is 3. The van der Waals surface area contributed by atoms with Crippen molar-refractivity contribution in [2.45, 2.75) is 81.1 Å². The second-order valence-electron chi connectivity index (χ2n) is 13.0. The number of fused-ring (bicyclic) bond motifs is 1. The number of rotatable bonds is 12. The van der Waals surface area contributed by atoms with Crippen molar-refractivity contribution in [1.82, 2.24) is 9.88 Å². The molecular formula is C35H40N2O5S3Si. The monoisotopic (exact) mass is 692 g/mol. The molecule has 1 aliphatic heterocycles. The van der Waals surface area contributed by atoms with Crippen LogP contribution in [0.25, 0.3) is 10.2 Å². The van der Waals surface area contributed by atoms with Crippen molar-refractivity contribution in [2.75, 3.05) is 6.54 Å². The van der Waals surface area contributed by atoms with E-state index < -0.39 is 37.5 Å². The number of ketones is 1. The fourth-order valence-electron chi connectivity index (χ4n) is 4.96. The van der Waals surface area contributed by atoms with Crippen LogP contribution in [0.1, 0.15) is 63.0 Å². The summed E-state index contributed by atoms with van der Waals surface area (Å²) < 4.78 is 13.6.